The number of β-amino-alcohol motifs (C(OH)–C–C–N with tert-alkyl or cyclic N) is 1. The van der Waals surface area contributed by atoms with E-state index in [4.69, 9.17) is 4.74 Å². The number of hydrogen-bond donors (Lipinski definition) is 2. The summed E-state index contributed by atoms with van der Waals surface area (Å²) in [6.07, 6.45) is 1.92. The molecule has 3 heterocycles. The van der Waals surface area contributed by atoms with Crippen LogP contribution in [0.15, 0.2) is 35.2 Å². The minimum Gasteiger partial charge on any atom is -0.488 e. The molecule has 0 radical (unpaired) electrons. The normalized spacial score (nSPS) is 17.1. The minimum atomic E-state index is -0.826. The third-order valence-corrected chi connectivity index (χ3v) is 6.23. The van der Waals surface area contributed by atoms with Gasteiger partial charge in [-0.3, -0.25) is 4.79 Å². The molecule has 2 aliphatic rings. The van der Waals surface area contributed by atoms with Gasteiger partial charge in [-0.25, -0.2) is 0 Å². The van der Waals surface area contributed by atoms with Crippen LogP contribution in [-0.2, 0) is 17.8 Å². The number of aliphatic hydroxyl groups excluding tert-OH is 1. The number of carbonyl (C=O) groups is 1. The second kappa shape index (κ2) is 7.84. The number of nitrogens with zero attached hydrogens (tertiary/aromatic N) is 1. The molecule has 4 rings (SSSR count). The number of aliphatic hydroxyl groups is 1. The van der Waals surface area contributed by atoms with Crippen molar-refractivity contribution in [1.29, 1.82) is 0 Å². The van der Waals surface area contributed by atoms with Gasteiger partial charge in [0.05, 0.1) is 13.0 Å². The number of ether oxygens (including phenoxy) is 1. The van der Waals surface area contributed by atoms with Crippen LogP contribution in [0.5, 0.6) is 5.75 Å². The maximum Gasteiger partial charge on any atom is 0.307 e. The number of rotatable bonds is 4. The van der Waals surface area contributed by atoms with Gasteiger partial charge >= 0.3 is 5.97 Å². The van der Waals surface area contributed by atoms with E-state index in [0.29, 0.717) is 6.61 Å². The van der Waals surface area contributed by atoms with Gasteiger partial charge < -0.3 is 19.8 Å². The van der Waals surface area contributed by atoms with Crippen molar-refractivity contribution in [1.82, 2.24) is 4.90 Å². The molecule has 0 bridgehead atoms. The number of benzene rings is 1. The lowest BCUT2D eigenvalue weighted by Gasteiger charge is -2.29. The van der Waals surface area contributed by atoms with Crippen molar-refractivity contribution in [3.8, 4) is 5.75 Å². The van der Waals surface area contributed by atoms with Gasteiger partial charge in [0.15, 0.2) is 0 Å². The van der Waals surface area contributed by atoms with Crippen molar-refractivity contribution in [2.75, 3.05) is 26.2 Å². The minimum absolute atomic E-state index is 0.0114. The summed E-state index contributed by atoms with van der Waals surface area (Å²) in [4.78, 5) is 14.7. The van der Waals surface area contributed by atoms with Gasteiger partial charge in [-0.15, -0.1) is 11.3 Å². The Balaban J connectivity index is 1.79. The topological polar surface area (TPSA) is 70.0 Å². The lowest BCUT2D eigenvalue weighted by atomic mass is 9.90. The fourth-order valence-electron chi connectivity index (χ4n) is 3.92. The Labute approximate surface area is 162 Å². The maximum absolute atomic E-state index is 11.2. The molecule has 0 amide bonds. The van der Waals surface area contributed by atoms with Crippen LogP contribution in [0.3, 0.4) is 0 Å². The third kappa shape index (κ3) is 3.78. The molecule has 0 spiro atoms. The zero-order valence-corrected chi connectivity index (χ0v) is 15.9. The van der Waals surface area contributed by atoms with Gasteiger partial charge in [-0.05, 0) is 42.0 Å². The molecule has 1 aromatic heterocycles. The number of hydrogen-bond acceptors (Lipinski definition) is 5. The Morgan fingerprint density at radius 1 is 1.22 bits per heavy atom. The number of likely N-dealkylation sites (tertiary alicyclic amines) is 1. The van der Waals surface area contributed by atoms with Gasteiger partial charge in [-0.1, -0.05) is 11.6 Å². The molecule has 0 aliphatic carbocycles. The molecule has 1 saturated heterocycles. The molecular weight excluding hydrogens is 362 g/mol. The highest BCUT2D eigenvalue weighted by molar-refractivity contribution is 7.11. The maximum atomic E-state index is 11.2. The quantitative estimate of drug-likeness (QED) is 0.846. The summed E-state index contributed by atoms with van der Waals surface area (Å²) in [6, 6.07) is 7.86. The van der Waals surface area contributed by atoms with E-state index in [0.717, 1.165) is 49.4 Å². The average Bonchev–Trinajstić information content (AvgIpc) is 3.05. The van der Waals surface area contributed by atoms with Gasteiger partial charge in [0, 0.05) is 41.2 Å². The van der Waals surface area contributed by atoms with E-state index in [9.17, 15) is 15.0 Å². The monoisotopic (exact) mass is 385 g/mol. The van der Waals surface area contributed by atoms with E-state index in [-0.39, 0.29) is 13.0 Å². The highest BCUT2D eigenvalue weighted by Crippen LogP contribution is 2.43. The number of piperidine rings is 1. The molecule has 0 saturated carbocycles. The van der Waals surface area contributed by atoms with Crippen LogP contribution in [0.2, 0.25) is 0 Å². The average molecular weight is 385 g/mol. The summed E-state index contributed by atoms with van der Waals surface area (Å²) >= 11 is 1.73. The first kappa shape index (κ1) is 18.2. The molecule has 0 atom stereocenters. The number of carboxylic acids is 1. The van der Waals surface area contributed by atoms with Crippen molar-refractivity contribution in [3.05, 3.63) is 56.8 Å². The molecule has 6 heteroatoms. The second-order valence-electron chi connectivity index (χ2n) is 7.01. The first-order chi connectivity index (χ1) is 13.2. The van der Waals surface area contributed by atoms with Gasteiger partial charge in [0.1, 0.15) is 12.4 Å². The zero-order chi connectivity index (χ0) is 18.8. The van der Waals surface area contributed by atoms with Crippen LogP contribution in [0.4, 0.5) is 0 Å². The number of carboxylic acid groups (broad SMARTS) is 1. The predicted molar refractivity (Wildman–Crippen MR) is 105 cm³/mol. The smallest absolute Gasteiger partial charge is 0.307 e. The SMILES string of the molecule is O=C(O)Cc1ccc2c(c1)C(=C1CCN(CCO)CC1)c1sccc1CO2. The molecule has 0 unspecified atom stereocenters. The standard InChI is InChI=1S/C21H23NO4S/c23-9-8-22-6-3-15(4-7-22)20-17-11-14(12-19(24)25)1-2-18(17)26-13-16-5-10-27-21(16)20/h1-2,5,10-11,23H,3-4,6-9,12-13H2,(H,24,25). The predicted octanol–water partition coefficient (Wildman–Crippen LogP) is 3.16. The summed E-state index contributed by atoms with van der Waals surface area (Å²) < 4.78 is 6.06. The van der Waals surface area contributed by atoms with Crippen molar-refractivity contribution in [2.45, 2.75) is 25.9 Å². The van der Waals surface area contributed by atoms with Gasteiger partial charge in [0.25, 0.3) is 0 Å². The van der Waals surface area contributed by atoms with Gasteiger partial charge in [0.2, 0.25) is 0 Å². The lowest BCUT2D eigenvalue weighted by molar-refractivity contribution is -0.136. The van der Waals surface area contributed by atoms with E-state index in [1.807, 2.05) is 18.2 Å². The fraction of sp³-hybridized carbons (Fsp3) is 0.381. The summed E-state index contributed by atoms with van der Waals surface area (Å²) in [7, 11) is 0. The summed E-state index contributed by atoms with van der Waals surface area (Å²) in [5.41, 5.74) is 5.62. The van der Waals surface area contributed by atoms with Crippen LogP contribution in [0.1, 0.15) is 34.4 Å². The molecular formula is C21H23NO4S. The largest absolute Gasteiger partial charge is 0.488 e. The molecule has 27 heavy (non-hydrogen) atoms. The van der Waals surface area contributed by atoms with Crippen LogP contribution in [0.25, 0.3) is 5.57 Å². The first-order valence-corrected chi connectivity index (χ1v) is 10.1. The zero-order valence-electron chi connectivity index (χ0n) is 15.1. The van der Waals surface area contributed by atoms with E-state index >= 15 is 0 Å². The van der Waals surface area contributed by atoms with Crippen molar-refractivity contribution in [2.24, 2.45) is 0 Å². The Morgan fingerprint density at radius 3 is 2.78 bits per heavy atom. The lowest BCUT2D eigenvalue weighted by Crippen LogP contribution is -2.33. The number of fused-ring (bicyclic) bond motifs is 2. The van der Waals surface area contributed by atoms with E-state index < -0.39 is 5.97 Å². The number of aliphatic carboxylic acids is 1. The summed E-state index contributed by atoms with van der Waals surface area (Å²) in [5.74, 6) is 0.000597. The van der Waals surface area contributed by atoms with Gasteiger partial charge in [-0.2, -0.15) is 0 Å². The summed E-state index contributed by atoms with van der Waals surface area (Å²) in [6.45, 7) is 3.32. The Morgan fingerprint density at radius 2 is 2.04 bits per heavy atom. The van der Waals surface area contributed by atoms with Crippen molar-refractivity contribution >= 4 is 22.9 Å². The third-order valence-electron chi connectivity index (χ3n) is 5.26. The first-order valence-electron chi connectivity index (χ1n) is 9.25. The van der Waals surface area contributed by atoms with Crippen molar-refractivity contribution in [3.63, 3.8) is 0 Å². The molecule has 5 nitrogen and oxygen atoms in total. The molecule has 1 fully saturated rings. The molecule has 2 aromatic rings. The summed E-state index contributed by atoms with van der Waals surface area (Å²) in [5, 5.41) is 20.5. The van der Waals surface area contributed by atoms with E-state index in [1.165, 1.54) is 21.6 Å². The van der Waals surface area contributed by atoms with E-state index in [2.05, 4.69) is 16.3 Å². The van der Waals surface area contributed by atoms with Crippen LogP contribution >= 0.6 is 11.3 Å². The van der Waals surface area contributed by atoms with Crippen LogP contribution < -0.4 is 4.74 Å². The molecule has 2 aliphatic heterocycles. The molecule has 142 valence electrons. The Hall–Kier alpha value is -2.15. The van der Waals surface area contributed by atoms with Crippen LogP contribution in [-0.4, -0.2) is 47.3 Å². The second-order valence-corrected chi connectivity index (χ2v) is 7.92. The molecule has 1 aromatic carbocycles. The highest BCUT2D eigenvalue weighted by atomic mass is 32.1. The van der Waals surface area contributed by atoms with E-state index in [1.54, 1.807) is 11.3 Å². The Kier molecular flexibility index (Phi) is 5.29. The molecule has 2 N–H and O–H groups in total. The van der Waals surface area contributed by atoms with Crippen LogP contribution in [0, 0.1) is 0 Å². The highest BCUT2D eigenvalue weighted by Gasteiger charge is 2.26. The van der Waals surface area contributed by atoms with Crippen molar-refractivity contribution < 1.29 is 19.7 Å². The fourth-order valence-corrected chi connectivity index (χ4v) is 4.94. The Bertz CT molecular complexity index is 876. The number of thiophene rings is 1.